The van der Waals surface area contributed by atoms with E-state index in [4.69, 9.17) is 4.42 Å². The zero-order chi connectivity index (χ0) is 24.8. The molecule has 0 radical (unpaired) electrons. The Morgan fingerprint density at radius 1 is 1.03 bits per heavy atom. The molecule has 0 aliphatic carbocycles. The first kappa shape index (κ1) is 24.4. The predicted molar refractivity (Wildman–Crippen MR) is 135 cm³/mol. The third-order valence-electron chi connectivity index (χ3n) is 6.59. The van der Waals surface area contributed by atoms with Crippen LogP contribution in [-0.2, 0) is 4.79 Å². The van der Waals surface area contributed by atoms with Crippen LogP contribution >= 0.6 is 0 Å². The van der Waals surface area contributed by atoms with E-state index >= 15 is 0 Å². The highest BCUT2D eigenvalue weighted by Gasteiger charge is 2.28. The van der Waals surface area contributed by atoms with Crippen LogP contribution in [0.4, 0.5) is 5.82 Å². The summed E-state index contributed by atoms with van der Waals surface area (Å²) in [5.74, 6) is 0.767. The van der Waals surface area contributed by atoms with E-state index in [1.54, 1.807) is 17.0 Å². The molecule has 8 nitrogen and oxygen atoms in total. The van der Waals surface area contributed by atoms with Crippen molar-refractivity contribution >= 4 is 17.6 Å². The van der Waals surface area contributed by atoms with Gasteiger partial charge >= 0.3 is 0 Å². The first-order valence-corrected chi connectivity index (χ1v) is 12.2. The van der Waals surface area contributed by atoms with Gasteiger partial charge < -0.3 is 19.1 Å². The molecule has 3 heterocycles. The van der Waals surface area contributed by atoms with Crippen molar-refractivity contribution in [2.75, 3.05) is 37.6 Å². The van der Waals surface area contributed by atoms with Gasteiger partial charge in [-0.15, -0.1) is 10.2 Å². The summed E-state index contributed by atoms with van der Waals surface area (Å²) in [5, 5.41) is 8.88. The zero-order valence-electron chi connectivity index (χ0n) is 20.7. The number of furan rings is 1. The lowest BCUT2D eigenvalue weighted by molar-refractivity contribution is -0.132. The Kier molecular flexibility index (Phi) is 7.80. The molecule has 0 N–H and O–H groups in total. The summed E-state index contributed by atoms with van der Waals surface area (Å²) < 4.78 is 5.29. The van der Waals surface area contributed by atoms with Crippen molar-refractivity contribution in [2.45, 2.75) is 39.7 Å². The van der Waals surface area contributed by atoms with Crippen LogP contribution in [0, 0.1) is 6.92 Å². The largest absolute Gasteiger partial charge is 0.459 e. The van der Waals surface area contributed by atoms with Crippen LogP contribution in [0.5, 0.6) is 0 Å². The normalized spacial score (nSPS) is 14.9. The van der Waals surface area contributed by atoms with Crippen molar-refractivity contribution in [3.8, 4) is 11.3 Å². The fraction of sp³-hybridized carbons (Fsp3) is 0.407. The second kappa shape index (κ2) is 11.2. The van der Waals surface area contributed by atoms with Crippen molar-refractivity contribution in [1.82, 2.24) is 20.0 Å². The number of aryl methyl sites for hydroxylation is 1. The summed E-state index contributed by atoms with van der Waals surface area (Å²) in [6.45, 7) is 8.74. The lowest BCUT2D eigenvalue weighted by atomic mass is 10.1. The number of benzene rings is 1. The van der Waals surface area contributed by atoms with Gasteiger partial charge in [-0.2, -0.15) is 0 Å². The SMILES string of the molecule is CC[C@H](C)N(CC(=O)N1CCCN(c2ccc(-c3ccc(C)cc3)nn2)CC1)C(=O)c1ccco1. The van der Waals surface area contributed by atoms with E-state index in [1.165, 1.54) is 11.8 Å². The maximum Gasteiger partial charge on any atom is 0.290 e. The smallest absolute Gasteiger partial charge is 0.290 e. The van der Waals surface area contributed by atoms with E-state index in [0.29, 0.717) is 19.6 Å². The monoisotopic (exact) mass is 475 g/mol. The highest BCUT2D eigenvalue weighted by Crippen LogP contribution is 2.20. The Hall–Kier alpha value is -3.68. The summed E-state index contributed by atoms with van der Waals surface area (Å²) in [6, 6.07) is 15.5. The van der Waals surface area contributed by atoms with Gasteiger partial charge in [-0.25, -0.2) is 0 Å². The highest BCUT2D eigenvalue weighted by molar-refractivity contribution is 5.94. The minimum absolute atomic E-state index is 0.0413. The second-order valence-corrected chi connectivity index (χ2v) is 9.03. The number of carbonyl (C=O) groups is 2. The van der Waals surface area contributed by atoms with Gasteiger partial charge in [0.1, 0.15) is 6.54 Å². The number of anilines is 1. The van der Waals surface area contributed by atoms with E-state index < -0.39 is 0 Å². The number of hydrogen-bond donors (Lipinski definition) is 0. The second-order valence-electron chi connectivity index (χ2n) is 9.03. The van der Waals surface area contributed by atoms with Crippen molar-refractivity contribution in [1.29, 1.82) is 0 Å². The molecule has 184 valence electrons. The molecule has 3 aromatic rings. The minimum Gasteiger partial charge on any atom is -0.459 e. The molecule has 0 bridgehead atoms. The molecule has 2 aromatic heterocycles. The number of nitrogens with zero attached hydrogens (tertiary/aromatic N) is 5. The summed E-state index contributed by atoms with van der Waals surface area (Å²) >= 11 is 0. The lowest BCUT2D eigenvalue weighted by Crippen LogP contribution is -2.47. The fourth-order valence-corrected chi connectivity index (χ4v) is 4.20. The maximum atomic E-state index is 13.2. The first-order chi connectivity index (χ1) is 17.0. The molecule has 2 amide bonds. The molecular formula is C27H33N5O3. The zero-order valence-corrected chi connectivity index (χ0v) is 20.7. The van der Waals surface area contributed by atoms with E-state index in [2.05, 4.69) is 34.2 Å². The number of amides is 2. The Morgan fingerprint density at radius 2 is 1.83 bits per heavy atom. The third-order valence-corrected chi connectivity index (χ3v) is 6.59. The van der Waals surface area contributed by atoms with Gasteiger partial charge in [0.2, 0.25) is 5.91 Å². The Morgan fingerprint density at radius 3 is 2.49 bits per heavy atom. The van der Waals surface area contributed by atoms with E-state index in [-0.39, 0.29) is 30.2 Å². The van der Waals surface area contributed by atoms with Gasteiger partial charge in [-0.05, 0) is 51.0 Å². The van der Waals surface area contributed by atoms with Crippen LogP contribution in [0.25, 0.3) is 11.3 Å². The molecule has 1 atom stereocenters. The van der Waals surface area contributed by atoms with Crippen LogP contribution in [-0.4, -0.2) is 70.6 Å². The number of carbonyl (C=O) groups excluding carboxylic acids is 2. The van der Waals surface area contributed by atoms with Gasteiger partial charge in [0.25, 0.3) is 5.91 Å². The Labute approximate surface area is 206 Å². The van der Waals surface area contributed by atoms with Crippen molar-refractivity contribution in [3.63, 3.8) is 0 Å². The van der Waals surface area contributed by atoms with Gasteiger partial charge in [0.15, 0.2) is 11.6 Å². The van der Waals surface area contributed by atoms with Crippen LogP contribution in [0.3, 0.4) is 0 Å². The van der Waals surface area contributed by atoms with Crippen LogP contribution in [0.1, 0.15) is 42.8 Å². The average Bonchev–Trinajstić information content (AvgIpc) is 3.31. The summed E-state index contributed by atoms with van der Waals surface area (Å²) in [5.41, 5.74) is 3.09. The molecule has 4 rings (SSSR count). The lowest BCUT2D eigenvalue weighted by Gasteiger charge is -2.30. The van der Waals surface area contributed by atoms with Gasteiger partial charge in [0.05, 0.1) is 12.0 Å². The summed E-state index contributed by atoms with van der Waals surface area (Å²) in [4.78, 5) is 31.7. The quantitative estimate of drug-likeness (QED) is 0.513. The molecule has 1 aromatic carbocycles. The molecule has 1 saturated heterocycles. The standard InChI is InChI=1S/C27H33N5O3/c1-4-21(3)32(27(34)24-7-5-18-35-24)19-26(33)31-15-6-14-30(16-17-31)25-13-12-23(28-29-25)22-10-8-20(2)9-11-22/h5,7-13,18,21H,4,6,14-17,19H2,1-3H3/t21-/m0/s1. The first-order valence-electron chi connectivity index (χ1n) is 12.2. The molecule has 35 heavy (non-hydrogen) atoms. The molecule has 8 heteroatoms. The van der Waals surface area contributed by atoms with Gasteiger partial charge in [0, 0.05) is 37.8 Å². The van der Waals surface area contributed by atoms with Crippen LogP contribution < -0.4 is 4.90 Å². The fourth-order valence-electron chi connectivity index (χ4n) is 4.20. The molecule has 0 unspecified atom stereocenters. The number of rotatable bonds is 7. The van der Waals surface area contributed by atoms with E-state index in [0.717, 1.165) is 36.5 Å². The number of hydrogen-bond acceptors (Lipinski definition) is 6. The van der Waals surface area contributed by atoms with Gasteiger partial charge in [-0.3, -0.25) is 9.59 Å². The van der Waals surface area contributed by atoms with Gasteiger partial charge in [-0.1, -0.05) is 36.8 Å². The maximum absolute atomic E-state index is 13.2. The van der Waals surface area contributed by atoms with Crippen LogP contribution in [0.15, 0.2) is 59.2 Å². The number of aromatic nitrogens is 2. The van der Waals surface area contributed by atoms with Crippen molar-refractivity contribution < 1.29 is 14.0 Å². The minimum atomic E-state index is -0.252. The molecule has 1 aliphatic heterocycles. The average molecular weight is 476 g/mol. The Bertz CT molecular complexity index is 1110. The molecule has 0 saturated carbocycles. The van der Waals surface area contributed by atoms with E-state index in [9.17, 15) is 9.59 Å². The van der Waals surface area contributed by atoms with Crippen molar-refractivity contribution in [2.24, 2.45) is 0 Å². The highest BCUT2D eigenvalue weighted by atomic mass is 16.3. The van der Waals surface area contributed by atoms with Crippen molar-refractivity contribution in [3.05, 3.63) is 66.1 Å². The van der Waals surface area contributed by atoms with E-state index in [1.807, 2.05) is 43.0 Å². The predicted octanol–water partition coefficient (Wildman–Crippen LogP) is 4.02. The topological polar surface area (TPSA) is 82.8 Å². The molecular weight excluding hydrogens is 442 g/mol. The summed E-state index contributed by atoms with van der Waals surface area (Å²) in [7, 11) is 0. The molecule has 0 spiro atoms. The summed E-state index contributed by atoms with van der Waals surface area (Å²) in [6.07, 6.45) is 3.05. The third kappa shape index (κ3) is 5.88. The molecule has 1 fully saturated rings. The Balaban J connectivity index is 1.38. The molecule has 1 aliphatic rings. The van der Waals surface area contributed by atoms with Crippen LogP contribution in [0.2, 0.25) is 0 Å².